The van der Waals surface area contributed by atoms with Gasteiger partial charge in [-0.15, -0.1) is 0 Å². The van der Waals surface area contributed by atoms with Crippen LogP contribution < -0.4 is 34.7 Å². The molecule has 0 saturated heterocycles. The van der Waals surface area contributed by atoms with Crippen molar-refractivity contribution in [3.8, 4) is 0 Å². The van der Waals surface area contributed by atoms with E-state index in [9.17, 15) is 9.90 Å². The van der Waals surface area contributed by atoms with Gasteiger partial charge >= 0.3 is 29.6 Å². The predicted molar refractivity (Wildman–Crippen MR) is 56.6 cm³/mol. The summed E-state index contributed by atoms with van der Waals surface area (Å²) in [5, 5.41) is 10.7. The molecule has 0 N–H and O–H groups in total. The Kier molecular flexibility index (Phi) is 3.62. The number of carbonyl (C=O) groups is 1. The molecule has 0 aromatic heterocycles. The molecule has 0 radical (unpaired) electrons. The summed E-state index contributed by atoms with van der Waals surface area (Å²) in [5.74, 6) is -1.14. The van der Waals surface area contributed by atoms with E-state index in [1.54, 1.807) is 12.1 Å². The van der Waals surface area contributed by atoms with Crippen LogP contribution >= 0.6 is 0 Å². The van der Waals surface area contributed by atoms with Gasteiger partial charge in [0.25, 0.3) is 0 Å². The van der Waals surface area contributed by atoms with Crippen LogP contribution in [0.4, 0.5) is 5.69 Å². The Bertz CT molecular complexity index is 478. The fraction of sp³-hybridized carbons (Fsp3) is 0.333. The Morgan fingerprint density at radius 3 is 2.56 bits per heavy atom. The molecule has 0 unspecified atom stereocenters. The molecule has 4 heteroatoms. The number of nitrogens with zero attached hydrogens (tertiary/aromatic N) is 1. The second kappa shape index (κ2) is 4.32. The van der Waals surface area contributed by atoms with E-state index in [2.05, 4.69) is 4.99 Å². The van der Waals surface area contributed by atoms with Crippen LogP contribution in [0.2, 0.25) is 0 Å². The standard InChI is InChI=1S/C12H13NO2.Na/c1-7-12(2,3)9-6-8(11(14)15)4-5-10(9)13-7;/h4-6H,1-3H3,(H,14,15);/q;+1/p-1. The van der Waals surface area contributed by atoms with Crippen molar-refractivity contribution in [2.45, 2.75) is 26.2 Å². The van der Waals surface area contributed by atoms with Crippen molar-refractivity contribution in [2.24, 2.45) is 4.99 Å². The van der Waals surface area contributed by atoms with Gasteiger partial charge in [0.15, 0.2) is 0 Å². The number of carboxylic acid groups (broad SMARTS) is 1. The molecule has 3 nitrogen and oxygen atoms in total. The van der Waals surface area contributed by atoms with Crippen LogP contribution in [0.1, 0.15) is 36.7 Å². The molecule has 78 valence electrons. The third-order valence-electron chi connectivity index (χ3n) is 3.10. The molecular formula is C12H12NNaO2. The number of aromatic carboxylic acids is 1. The first kappa shape index (κ1) is 13.4. The van der Waals surface area contributed by atoms with Crippen LogP contribution in [0, 0.1) is 0 Å². The zero-order valence-corrected chi connectivity index (χ0v) is 12.0. The van der Waals surface area contributed by atoms with E-state index < -0.39 is 5.97 Å². The Hall–Kier alpha value is -0.640. The van der Waals surface area contributed by atoms with Crippen LogP contribution in [-0.4, -0.2) is 11.7 Å². The maximum atomic E-state index is 10.7. The molecule has 0 atom stereocenters. The van der Waals surface area contributed by atoms with E-state index >= 15 is 0 Å². The van der Waals surface area contributed by atoms with Gasteiger partial charge in [-0.05, 0) is 30.2 Å². The summed E-state index contributed by atoms with van der Waals surface area (Å²) < 4.78 is 0. The molecule has 1 aromatic carbocycles. The Morgan fingerprint density at radius 1 is 1.38 bits per heavy atom. The molecule has 1 aromatic rings. The average molecular weight is 225 g/mol. The molecule has 0 saturated carbocycles. The minimum atomic E-state index is -1.14. The summed E-state index contributed by atoms with van der Waals surface area (Å²) in [6.45, 7) is 6.03. The molecule has 0 bridgehead atoms. The first-order valence-electron chi connectivity index (χ1n) is 4.84. The van der Waals surface area contributed by atoms with E-state index in [0.717, 1.165) is 17.0 Å². The van der Waals surface area contributed by atoms with Gasteiger partial charge in [0.2, 0.25) is 0 Å². The van der Waals surface area contributed by atoms with Crippen molar-refractivity contribution >= 4 is 17.4 Å². The maximum absolute atomic E-state index is 10.7. The van der Waals surface area contributed by atoms with Gasteiger partial charge in [-0.2, -0.15) is 0 Å². The summed E-state index contributed by atoms with van der Waals surface area (Å²) in [6.07, 6.45) is 0. The van der Waals surface area contributed by atoms with Crippen molar-refractivity contribution in [1.29, 1.82) is 0 Å². The molecule has 1 aliphatic heterocycles. The summed E-state index contributed by atoms with van der Waals surface area (Å²) in [4.78, 5) is 15.2. The third-order valence-corrected chi connectivity index (χ3v) is 3.10. The zero-order chi connectivity index (χ0) is 11.2. The second-order valence-electron chi connectivity index (χ2n) is 4.34. The number of hydrogen-bond donors (Lipinski definition) is 0. The van der Waals surface area contributed by atoms with Gasteiger partial charge in [-0.1, -0.05) is 19.9 Å². The fourth-order valence-corrected chi connectivity index (χ4v) is 1.78. The Labute approximate surface area is 117 Å². The van der Waals surface area contributed by atoms with E-state index in [4.69, 9.17) is 0 Å². The summed E-state index contributed by atoms with van der Waals surface area (Å²) in [7, 11) is 0. The monoisotopic (exact) mass is 225 g/mol. The molecule has 0 amide bonds. The van der Waals surface area contributed by atoms with Crippen LogP contribution in [0.25, 0.3) is 0 Å². The van der Waals surface area contributed by atoms with Gasteiger partial charge in [0.1, 0.15) is 0 Å². The summed E-state index contributed by atoms with van der Waals surface area (Å²) >= 11 is 0. The number of carbonyl (C=O) groups excluding carboxylic acids is 1. The zero-order valence-electron chi connectivity index (χ0n) is 10.00. The number of rotatable bonds is 1. The van der Waals surface area contributed by atoms with E-state index in [0.29, 0.717) is 0 Å². The second-order valence-corrected chi connectivity index (χ2v) is 4.34. The van der Waals surface area contributed by atoms with Crippen LogP contribution in [0.5, 0.6) is 0 Å². The smallest absolute Gasteiger partial charge is 0.545 e. The summed E-state index contributed by atoms with van der Waals surface area (Å²) in [5.41, 5.74) is 2.87. The van der Waals surface area contributed by atoms with Crippen molar-refractivity contribution in [3.63, 3.8) is 0 Å². The van der Waals surface area contributed by atoms with Crippen LogP contribution in [0.3, 0.4) is 0 Å². The predicted octanol–water partition coefficient (Wildman–Crippen LogP) is -1.56. The molecule has 1 aliphatic rings. The molecule has 0 aliphatic carbocycles. The molecule has 0 spiro atoms. The van der Waals surface area contributed by atoms with Crippen LogP contribution in [0.15, 0.2) is 23.2 Å². The van der Waals surface area contributed by atoms with Gasteiger partial charge < -0.3 is 9.90 Å². The number of fused-ring (bicyclic) bond motifs is 1. The number of carboxylic acids is 1. The van der Waals surface area contributed by atoms with Crippen LogP contribution in [-0.2, 0) is 5.41 Å². The molecule has 0 fully saturated rings. The van der Waals surface area contributed by atoms with Gasteiger partial charge in [0, 0.05) is 11.1 Å². The third kappa shape index (κ3) is 1.95. The number of benzene rings is 1. The van der Waals surface area contributed by atoms with Crippen molar-refractivity contribution < 1.29 is 39.5 Å². The van der Waals surface area contributed by atoms with Crippen molar-refractivity contribution in [1.82, 2.24) is 0 Å². The SMILES string of the molecule is CC1=Nc2ccc(C(=O)[O-])cc2C1(C)C.[Na+]. The molecule has 16 heavy (non-hydrogen) atoms. The first-order valence-corrected chi connectivity index (χ1v) is 4.84. The molecule has 2 rings (SSSR count). The normalized spacial score (nSPS) is 16.1. The minimum Gasteiger partial charge on any atom is -0.545 e. The topological polar surface area (TPSA) is 52.5 Å². The van der Waals surface area contributed by atoms with Gasteiger partial charge in [-0.3, -0.25) is 4.99 Å². The van der Waals surface area contributed by atoms with E-state index in [1.165, 1.54) is 6.07 Å². The van der Waals surface area contributed by atoms with Crippen molar-refractivity contribution in [2.75, 3.05) is 0 Å². The molecule has 1 heterocycles. The number of aliphatic imine (C=N–C) groups is 1. The Balaban J connectivity index is 0.00000128. The summed E-state index contributed by atoms with van der Waals surface area (Å²) in [6, 6.07) is 4.93. The average Bonchev–Trinajstić information content (AvgIpc) is 2.38. The minimum absolute atomic E-state index is 0. The van der Waals surface area contributed by atoms with Crippen molar-refractivity contribution in [3.05, 3.63) is 29.3 Å². The fourth-order valence-electron chi connectivity index (χ4n) is 1.78. The van der Waals surface area contributed by atoms with Gasteiger partial charge in [-0.25, -0.2) is 0 Å². The van der Waals surface area contributed by atoms with E-state index in [-0.39, 0.29) is 40.5 Å². The molecular weight excluding hydrogens is 213 g/mol. The van der Waals surface area contributed by atoms with E-state index in [1.807, 2.05) is 20.8 Å². The Morgan fingerprint density at radius 2 is 2.00 bits per heavy atom. The quantitative estimate of drug-likeness (QED) is 0.543. The largest absolute Gasteiger partial charge is 1.00 e. The number of hydrogen-bond acceptors (Lipinski definition) is 3. The van der Waals surface area contributed by atoms with Gasteiger partial charge in [0.05, 0.1) is 11.7 Å². The first-order chi connectivity index (χ1) is 6.93. The maximum Gasteiger partial charge on any atom is 1.00 e.